The van der Waals surface area contributed by atoms with Crippen molar-refractivity contribution in [1.82, 2.24) is 5.32 Å². The first-order chi connectivity index (χ1) is 7.43. The number of nitrogens with one attached hydrogen (secondary N) is 1. The molecule has 2 saturated carbocycles. The summed E-state index contributed by atoms with van der Waals surface area (Å²) >= 11 is 0. The Kier molecular flexibility index (Phi) is 2.99. The molecule has 1 amide bonds. The van der Waals surface area contributed by atoms with Crippen LogP contribution in [0.3, 0.4) is 0 Å². The van der Waals surface area contributed by atoms with Gasteiger partial charge in [-0.1, -0.05) is 20.3 Å². The molecule has 0 radical (unpaired) electrons. The van der Waals surface area contributed by atoms with Crippen molar-refractivity contribution >= 4 is 5.91 Å². The fourth-order valence-electron chi connectivity index (χ4n) is 3.01. The van der Waals surface area contributed by atoms with Crippen molar-refractivity contribution in [3.63, 3.8) is 0 Å². The van der Waals surface area contributed by atoms with Gasteiger partial charge in [0.25, 0.3) is 0 Å². The molecule has 3 N–H and O–H groups in total. The number of amides is 1. The number of carbonyl (C=O) groups is 1. The third kappa shape index (κ3) is 2.24. The van der Waals surface area contributed by atoms with Gasteiger partial charge >= 0.3 is 0 Å². The molecule has 0 aromatic heterocycles. The summed E-state index contributed by atoms with van der Waals surface area (Å²) in [6.45, 7) is 5.07. The quantitative estimate of drug-likeness (QED) is 0.768. The Hall–Kier alpha value is -0.570. The van der Waals surface area contributed by atoms with Gasteiger partial charge in [-0.3, -0.25) is 4.79 Å². The van der Waals surface area contributed by atoms with Crippen LogP contribution in [0, 0.1) is 11.3 Å². The highest BCUT2D eigenvalue weighted by molar-refractivity contribution is 5.79. The van der Waals surface area contributed by atoms with Crippen molar-refractivity contribution in [3.8, 4) is 0 Å². The van der Waals surface area contributed by atoms with Crippen LogP contribution in [0.15, 0.2) is 0 Å². The van der Waals surface area contributed by atoms with Crippen LogP contribution < -0.4 is 11.1 Å². The molecule has 2 aliphatic rings. The fourth-order valence-corrected chi connectivity index (χ4v) is 3.01. The summed E-state index contributed by atoms with van der Waals surface area (Å²) in [6.07, 6.45) is 6.71. The Bertz CT molecular complexity index is 282. The van der Waals surface area contributed by atoms with Gasteiger partial charge in [-0.15, -0.1) is 0 Å². The summed E-state index contributed by atoms with van der Waals surface area (Å²) in [5.74, 6) is 0.412. The molecule has 0 bridgehead atoms. The van der Waals surface area contributed by atoms with Crippen molar-refractivity contribution < 1.29 is 4.79 Å². The van der Waals surface area contributed by atoms with Crippen LogP contribution in [0.1, 0.15) is 52.4 Å². The standard InChI is InChI=1S/C13H24N2O/c1-12(2)6-3-5-10(12)11(16)15-9-13(14)7-4-8-13/h10H,3-9,14H2,1-2H3,(H,15,16). The van der Waals surface area contributed by atoms with Crippen molar-refractivity contribution in [2.24, 2.45) is 17.1 Å². The summed E-state index contributed by atoms with van der Waals surface area (Å²) in [7, 11) is 0. The van der Waals surface area contributed by atoms with Gasteiger partial charge < -0.3 is 11.1 Å². The number of nitrogens with two attached hydrogens (primary N) is 1. The van der Waals surface area contributed by atoms with E-state index in [4.69, 9.17) is 5.73 Å². The lowest BCUT2D eigenvalue weighted by molar-refractivity contribution is -0.128. The molecule has 0 heterocycles. The molecule has 2 aliphatic carbocycles. The Morgan fingerprint density at radius 3 is 2.44 bits per heavy atom. The molecule has 1 atom stereocenters. The van der Waals surface area contributed by atoms with Crippen LogP contribution >= 0.6 is 0 Å². The molecule has 0 saturated heterocycles. The second kappa shape index (κ2) is 4.02. The molecule has 0 aromatic carbocycles. The summed E-state index contributed by atoms with van der Waals surface area (Å²) in [4.78, 5) is 12.1. The van der Waals surface area contributed by atoms with E-state index in [2.05, 4.69) is 19.2 Å². The van der Waals surface area contributed by atoms with Crippen molar-refractivity contribution in [2.75, 3.05) is 6.54 Å². The normalized spacial score (nSPS) is 30.8. The zero-order chi connectivity index (χ0) is 11.8. The van der Waals surface area contributed by atoms with Gasteiger partial charge in [-0.05, 0) is 37.5 Å². The monoisotopic (exact) mass is 224 g/mol. The first kappa shape index (κ1) is 11.9. The molecule has 16 heavy (non-hydrogen) atoms. The highest BCUT2D eigenvalue weighted by Gasteiger charge is 2.40. The molecule has 2 fully saturated rings. The topological polar surface area (TPSA) is 55.1 Å². The molecule has 1 unspecified atom stereocenters. The third-order valence-electron chi connectivity index (χ3n) is 4.54. The average molecular weight is 224 g/mol. The minimum Gasteiger partial charge on any atom is -0.354 e. The maximum Gasteiger partial charge on any atom is 0.223 e. The lowest BCUT2D eigenvalue weighted by Gasteiger charge is -2.38. The van der Waals surface area contributed by atoms with Crippen LogP contribution in [-0.2, 0) is 4.79 Å². The van der Waals surface area contributed by atoms with Gasteiger partial charge in [-0.2, -0.15) is 0 Å². The van der Waals surface area contributed by atoms with Crippen LogP contribution in [-0.4, -0.2) is 18.0 Å². The molecule has 0 aliphatic heterocycles. The summed E-state index contributed by atoms with van der Waals surface area (Å²) < 4.78 is 0. The van der Waals surface area contributed by atoms with E-state index in [0.717, 1.165) is 19.3 Å². The van der Waals surface area contributed by atoms with E-state index in [1.165, 1.54) is 19.3 Å². The van der Waals surface area contributed by atoms with Crippen LogP contribution in [0.4, 0.5) is 0 Å². The Balaban J connectivity index is 1.83. The van der Waals surface area contributed by atoms with Gasteiger partial charge in [0.1, 0.15) is 0 Å². The molecule has 2 rings (SSSR count). The lowest BCUT2D eigenvalue weighted by Crippen LogP contribution is -2.56. The minimum atomic E-state index is -0.0988. The molecule has 3 nitrogen and oxygen atoms in total. The highest BCUT2D eigenvalue weighted by Crippen LogP contribution is 2.42. The van der Waals surface area contributed by atoms with E-state index < -0.39 is 0 Å². The third-order valence-corrected chi connectivity index (χ3v) is 4.54. The summed E-state index contributed by atoms with van der Waals surface area (Å²) in [6, 6.07) is 0. The van der Waals surface area contributed by atoms with Gasteiger partial charge in [0.2, 0.25) is 5.91 Å². The Morgan fingerprint density at radius 2 is 2.00 bits per heavy atom. The maximum atomic E-state index is 12.1. The minimum absolute atomic E-state index is 0.0988. The van der Waals surface area contributed by atoms with Crippen molar-refractivity contribution in [2.45, 2.75) is 57.9 Å². The SMILES string of the molecule is CC1(C)CCCC1C(=O)NCC1(N)CCC1. The molecule has 0 spiro atoms. The molecule has 0 aromatic rings. The second-order valence-electron chi connectivity index (χ2n) is 6.37. The van der Waals surface area contributed by atoms with Crippen LogP contribution in [0.25, 0.3) is 0 Å². The first-order valence-electron chi connectivity index (χ1n) is 6.50. The molecule has 3 heteroatoms. The lowest BCUT2D eigenvalue weighted by atomic mass is 9.77. The van der Waals surface area contributed by atoms with E-state index >= 15 is 0 Å². The maximum absolute atomic E-state index is 12.1. The van der Waals surface area contributed by atoms with Gasteiger partial charge in [0.05, 0.1) is 0 Å². The second-order valence-corrected chi connectivity index (χ2v) is 6.37. The highest BCUT2D eigenvalue weighted by atomic mass is 16.1. The van der Waals surface area contributed by atoms with Gasteiger partial charge in [0, 0.05) is 18.0 Å². The summed E-state index contributed by atoms with van der Waals surface area (Å²) in [5, 5.41) is 3.06. The fraction of sp³-hybridized carbons (Fsp3) is 0.923. The first-order valence-corrected chi connectivity index (χ1v) is 6.50. The van der Waals surface area contributed by atoms with Crippen LogP contribution in [0.2, 0.25) is 0 Å². The van der Waals surface area contributed by atoms with E-state index in [0.29, 0.717) is 6.54 Å². The Morgan fingerprint density at radius 1 is 1.31 bits per heavy atom. The van der Waals surface area contributed by atoms with Crippen molar-refractivity contribution in [3.05, 3.63) is 0 Å². The number of carbonyl (C=O) groups excluding carboxylic acids is 1. The largest absolute Gasteiger partial charge is 0.354 e. The predicted octanol–water partition coefficient (Wildman–Crippen LogP) is 1.81. The molecule has 92 valence electrons. The number of hydrogen-bond donors (Lipinski definition) is 2. The number of hydrogen-bond acceptors (Lipinski definition) is 2. The molecular formula is C13H24N2O. The average Bonchev–Trinajstić information content (AvgIpc) is 2.51. The van der Waals surface area contributed by atoms with E-state index in [1.807, 2.05) is 0 Å². The zero-order valence-corrected chi connectivity index (χ0v) is 10.5. The smallest absolute Gasteiger partial charge is 0.223 e. The van der Waals surface area contributed by atoms with E-state index in [9.17, 15) is 4.79 Å². The predicted molar refractivity (Wildman–Crippen MR) is 64.9 cm³/mol. The number of rotatable bonds is 3. The molecular weight excluding hydrogens is 200 g/mol. The van der Waals surface area contributed by atoms with E-state index in [1.54, 1.807) is 0 Å². The van der Waals surface area contributed by atoms with Crippen LogP contribution in [0.5, 0.6) is 0 Å². The van der Waals surface area contributed by atoms with Gasteiger partial charge in [-0.25, -0.2) is 0 Å². The van der Waals surface area contributed by atoms with Crippen molar-refractivity contribution in [1.29, 1.82) is 0 Å². The summed E-state index contributed by atoms with van der Waals surface area (Å²) in [5.41, 5.74) is 6.18. The van der Waals surface area contributed by atoms with E-state index in [-0.39, 0.29) is 22.8 Å². The van der Waals surface area contributed by atoms with Gasteiger partial charge in [0.15, 0.2) is 0 Å². The zero-order valence-electron chi connectivity index (χ0n) is 10.5. The Labute approximate surface area is 98.2 Å².